The average molecular weight is 390 g/mol. The van der Waals surface area contributed by atoms with E-state index in [9.17, 15) is 13.2 Å². The van der Waals surface area contributed by atoms with Gasteiger partial charge in [0.15, 0.2) is 0 Å². The number of nitrogens with zero attached hydrogens (tertiary/aromatic N) is 3. The molecule has 0 aliphatic carbocycles. The zero-order valence-electron chi connectivity index (χ0n) is 13.5. The van der Waals surface area contributed by atoms with Crippen molar-refractivity contribution in [1.82, 2.24) is 9.97 Å². The van der Waals surface area contributed by atoms with E-state index in [0.29, 0.717) is 11.3 Å². The van der Waals surface area contributed by atoms with Gasteiger partial charge in [-0.3, -0.25) is 0 Å². The lowest BCUT2D eigenvalue weighted by Gasteiger charge is -2.12. The molecule has 5 nitrogen and oxygen atoms in total. The van der Waals surface area contributed by atoms with Gasteiger partial charge in [0.25, 0.3) is 0 Å². The quantitative estimate of drug-likeness (QED) is 0.615. The van der Waals surface area contributed by atoms with Crippen LogP contribution in [0.4, 0.5) is 36.3 Å². The van der Waals surface area contributed by atoms with Crippen LogP contribution in [0.5, 0.6) is 0 Å². The van der Waals surface area contributed by atoms with Crippen molar-refractivity contribution in [3.63, 3.8) is 0 Å². The van der Waals surface area contributed by atoms with E-state index in [-0.39, 0.29) is 22.5 Å². The molecule has 0 radical (unpaired) electrons. The second-order valence-corrected chi connectivity index (χ2v) is 5.81. The van der Waals surface area contributed by atoms with E-state index in [1.807, 2.05) is 6.07 Å². The molecular formula is C18H11ClF3N5. The third-order valence-corrected chi connectivity index (χ3v) is 3.79. The fraction of sp³-hybridized carbons (Fsp3) is 0.0556. The summed E-state index contributed by atoms with van der Waals surface area (Å²) in [5.74, 6) is 0.461. The Morgan fingerprint density at radius 2 is 1.85 bits per heavy atom. The Balaban J connectivity index is 1.83. The summed E-state index contributed by atoms with van der Waals surface area (Å²) in [6, 6.07) is 13.2. The Hall–Kier alpha value is -3.31. The van der Waals surface area contributed by atoms with E-state index in [4.69, 9.17) is 16.9 Å². The molecule has 0 saturated carbocycles. The van der Waals surface area contributed by atoms with Crippen LogP contribution in [-0.4, -0.2) is 9.97 Å². The minimum absolute atomic E-state index is 0.0719. The third kappa shape index (κ3) is 4.65. The molecule has 0 amide bonds. The van der Waals surface area contributed by atoms with Gasteiger partial charge >= 0.3 is 6.18 Å². The van der Waals surface area contributed by atoms with Crippen LogP contribution >= 0.6 is 11.6 Å². The number of anilines is 4. The second kappa shape index (κ2) is 7.51. The molecule has 0 atom stereocenters. The zero-order chi connectivity index (χ0) is 19.4. The second-order valence-electron chi connectivity index (χ2n) is 5.40. The van der Waals surface area contributed by atoms with E-state index in [1.54, 1.807) is 24.3 Å². The van der Waals surface area contributed by atoms with Crippen LogP contribution < -0.4 is 10.6 Å². The SMILES string of the molecule is N#Cc1cccc(Nc2nccc(Nc3cc(C(F)(F)F)ccc3Cl)n2)c1. The minimum atomic E-state index is -4.48. The van der Waals surface area contributed by atoms with E-state index >= 15 is 0 Å². The van der Waals surface area contributed by atoms with Gasteiger partial charge in [-0.2, -0.15) is 23.4 Å². The molecule has 3 rings (SSSR count). The molecule has 0 bridgehead atoms. The Morgan fingerprint density at radius 3 is 2.59 bits per heavy atom. The van der Waals surface area contributed by atoms with E-state index in [1.165, 1.54) is 18.3 Å². The lowest BCUT2D eigenvalue weighted by Crippen LogP contribution is -2.06. The highest BCUT2D eigenvalue weighted by Gasteiger charge is 2.31. The van der Waals surface area contributed by atoms with Gasteiger partial charge in [-0.15, -0.1) is 0 Å². The van der Waals surface area contributed by atoms with E-state index in [0.717, 1.165) is 12.1 Å². The first kappa shape index (κ1) is 18.5. The van der Waals surface area contributed by atoms with Crippen LogP contribution in [0.3, 0.4) is 0 Å². The molecule has 136 valence electrons. The number of alkyl halides is 3. The van der Waals surface area contributed by atoms with Crippen molar-refractivity contribution in [2.45, 2.75) is 6.18 Å². The Bertz CT molecular complexity index is 1010. The number of hydrogen-bond acceptors (Lipinski definition) is 5. The fourth-order valence-electron chi connectivity index (χ4n) is 2.22. The molecule has 0 saturated heterocycles. The van der Waals surface area contributed by atoms with Crippen LogP contribution in [0.25, 0.3) is 0 Å². The van der Waals surface area contributed by atoms with Gasteiger partial charge in [0.1, 0.15) is 5.82 Å². The Kier molecular flexibility index (Phi) is 5.14. The standard InChI is InChI=1S/C18H11ClF3N5/c19-14-5-4-12(18(20,21)22)9-15(14)26-16-6-7-24-17(27-16)25-13-3-1-2-11(8-13)10-23/h1-9H,(H2,24,25,26,27). The summed E-state index contributed by atoms with van der Waals surface area (Å²) in [7, 11) is 0. The summed E-state index contributed by atoms with van der Waals surface area (Å²) >= 11 is 5.98. The molecule has 1 heterocycles. The van der Waals surface area contributed by atoms with Crippen molar-refractivity contribution in [1.29, 1.82) is 5.26 Å². The predicted octanol–water partition coefficient (Wildman–Crippen LogP) is 5.51. The zero-order valence-corrected chi connectivity index (χ0v) is 14.3. The lowest BCUT2D eigenvalue weighted by atomic mass is 10.2. The number of benzene rings is 2. The van der Waals surface area contributed by atoms with Crippen LogP contribution in [0.1, 0.15) is 11.1 Å². The minimum Gasteiger partial charge on any atom is -0.339 e. The fourth-order valence-corrected chi connectivity index (χ4v) is 2.38. The van der Waals surface area contributed by atoms with Crippen molar-refractivity contribution < 1.29 is 13.2 Å². The number of halogens is 4. The highest BCUT2D eigenvalue weighted by molar-refractivity contribution is 6.33. The first-order valence-electron chi connectivity index (χ1n) is 7.59. The van der Waals surface area contributed by atoms with Crippen LogP contribution in [0, 0.1) is 11.3 Å². The summed E-state index contributed by atoms with van der Waals surface area (Å²) in [5, 5.41) is 14.7. The molecule has 0 spiro atoms. The van der Waals surface area contributed by atoms with Gasteiger partial charge in [-0.25, -0.2) is 4.98 Å². The van der Waals surface area contributed by atoms with Crippen molar-refractivity contribution >= 4 is 34.7 Å². The van der Waals surface area contributed by atoms with Gasteiger partial charge in [-0.05, 0) is 42.5 Å². The van der Waals surface area contributed by atoms with Gasteiger partial charge < -0.3 is 10.6 Å². The molecular weight excluding hydrogens is 379 g/mol. The van der Waals surface area contributed by atoms with Crippen LogP contribution in [0.2, 0.25) is 5.02 Å². The summed E-state index contributed by atoms with van der Waals surface area (Å²) in [5.41, 5.74) is 0.311. The Morgan fingerprint density at radius 1 is 1.04 bits per heavy atom. The molecule has 3 aromatic rings. The van der Waals surface area contributed by atoms with E-state index < -0.39 is 11.7 Å². The van der Waals surface area contributed by atoms with Crippen LogP contribution in [-0.2, 0) is 6.18 Å². The summed E-state index contributed by atoms with van der Waals surface area (Å²) in [4.78, 5) is 8.25. The largest absolute Gasteiger partial charge is 0.416 e. The monoisotopic (exact) mass is 389 g/mol. The highest BCUT2D eigenvalue weighted by atomic mass is 35.5. The maximum Gasteiger partial charge on any atom is 0.416 e. The van der Waals surface area contributed by atoms with Gasteiger partial charge in [0.2, 0.25) is 5.95 Å². The third-order valence-electron chi connectivity index (χ3n) is 3.46. The van der Waals surface area contributed by atoms with Gasteiger partial charge in [-0.1, -0.05) is 17.7 Å². The van der Waals surface area contributed by atoms with E-state index in [2.05, 4.69) is 20.6 Å². The van der Waals surface area contributed by atoms with Crippen molar-refractivity contribution in [2.75, 3.05) is 10.6 Å². The normalized spacial score (nSPS) is 10.9. The van der Waals surface area contributed by atoms with Crippen molar-refractivity contribution in [3.8, 4) is 6.07 Å². The van der Waals surface area contributed by atoms with Gasteiger partial charge in [0, 0.05) is 11.9 Å². The average Bonchev–Trinajstić information content (AvgIpc) is 2.63. The topological polar surface area (TPSA) is 73.6 Å². The molecule has 0 unspecified atom stereocenters. The molecule has 2 aromatic carbocycles. The number of nitriles is 1. The number of nitrogens with one attached hydrogen (secondary N) is 2. The lowest BCUT2D eigenvalue weighted by molar-refractivity contribution is -0.137. The number of hydrogen-bond donors (Lipinski definition) is 2. The summed E-state index contributed by atoms with van der Waals surface area (Å²) < 4.78 is 38.6. The smallest absolute Gasteiger partial charge is 0.339 e. The first-order chi connectivity index (χ1) is 12.8. The molecule has 0 fully saturated rings. The first-order valence-corrected chi connectivity index (χ1v) is 7.97. The molecule has 1 aromatic heterocycles. The predicted molar refractivity (Wildman–Crippen MR) is 96.2 cm³/mol. The molecule has 27 heavy (non-hydrogen) atoms. The summed E-state index contributed by atoms with van der Waals surface area (Å²) in [6.45, 7) is 0. The van der Waals surface area contributed by atoms with Crippen LogP contribution in [0.15, 0.2) is 54.7 Å². The van der Waals surface area contributed by atoms with Crippen molar-refractivity contribution in [2.24, 2.45) is 0 Å². The maximum absolute atomic E-state index is 12.9. The molecule has 0 aliphatic heterocycles. The Labute approximate surface area is 157 Å². The van der Waals surface area contributed by atoms with Crippen molar-refractivity contribution in [3.05, 3.63) is 70.9 Å². The highest BCUT2D eigenvalue weighted by Crippen LogP contribution is 2.34. The molecule has 9 heteroatoms. The van der Waals surface area contributed by atoms with Gasteiger partial charge in [0.05, 0.1) is 27.9 Å². The maximum atomic E-state index is 12.9. The molecule has 0 aliphatic rings. The summed E-state index contributed by atoms with van der Waals surface area (Å²) in [6.07, 6.45) is -3.04. The number of aromatic nitrogens is 2. The number of rotatable bonds is 4. The molecule has 2 N–H and O–H groups in total.